The third-order valence-corrected chi connectivity index (χ3v) is 5.69. The fourth-order valence-electron chi connectivity index (χ4n) is 3.20. The lowest BCUT2D eigenvalue weighted by atomic mass is 10.2. The van der Waals surface area contributed by atoms with Crippen LogP contribution >= 0.6 is 11.3 Å². The van der Waals surface area contributed by atoms with Gasteiger partial charge in [-0.1, -0.05) is 24.7 Å². The van der Waals surface area contributed by atoms with Crippen LogP contribution in [-0.2, 0) is 20.0 Å². The number of anilines is 1. The molecular weight excluding hydrogens is 350 g/mol. The van der Waals surface area contributed by atoms with E-state index in [0.29, 0.717) is 4.96 Å². The monoisotopic (exact) mass is 373 g/mol. The van der Waals surface area contributed by atoms with Crippen molar-refractivity contribution in [3.8, 4) is 0 Å². The average molecular weight is 373 g/mol. The molecule has 0 atom stereocenters. The minimum atomic E-state index is -0.0885. The van der Waals surface area contributed by atoms with Crippen LogP contribution in [0.4, 0.5) is 5.13 Å². The molecule has 8 nitrogen and oxygen atoms in total. The Balaban J connectivity index is 1.46. The molecule has 26 heavy (non-hydrogen) atoms. The molecular formula is C17H23N7OS. The van der Waals surface area contributed by atoms with Crippen LogP contribution < -0.4 is 10.5 Å². The first kappa shape index (κ1) is 17.2. The Morgan fingerprint density at radius 3 is 2.73 bits per heavy atom. The van der Waals surface area contributed by atoms with Gasteiger partial charge in [0.25, 0.3) is 5.56 Å². The molecule has 4 heterocycles. The first-order chi connectivity index (χ1) is 12.6. The summed E-state index contributed by atoms with van der Waals surface area (Å²) >= 11 is 1.50. The van der Waals surface area contributed by atoms with Crippen LogP contribution in [0.2, 0.25) is 0 Å². The maximum absolute atomic E-state index is 12.3. The number of rotatable bonds is 5. The summed E-state index contributed by atoms with van der Waals surface area (Å²) in [5.41, 5.74) is 0.766. The van der Waals surface area contributed by atoms with Crippen molar-refractivity contribution in [3.63, 3.8) is 0 Å². The molecule has 9 heteroatoms. The number of fused-ring (bicyclic) bond motifs is 1. The molecule has 3 aromatic rings. The van der Waals surface area contributed by atoms with E-state index in [4.69, 9.17) is 0 Å². The number of aromatic nitrogens is 5. The Hall–Kier alpha value is -2.26. The van der Waals surface area contributed by atoms with Gasteiger partial charge in [0, 0.05) is 57.4 Å². The highest BCUT2D eigenvalue weighted by Gasteiger charge is 2.21. The molecule has 1 saturated heterocycles. The molecule has 1 aliphatic heterocycles. The second kappa shape index (κ2) is 7.16. The standard InChI is InChI=1S/C17H23N7OS/c1-3-4-13-11-15(25)24-16(19-13)26-17(20-24)23-9-7-22(8-10-23)12-14-18-5-6-21(14)2/h5-6,11H,3-4,7-10,12H2,1-2H3. The van der Waals surface area contributed by atoms with E-state index in [9.17, 15) is 4.79 Å². The van der Waals surface area contributed by atoms with E-state index in [1.807, 2.05) is 19.4 Å². The normalized spacial score (nSPS) is 15.8. The average Bonchev–Trinajstić information content (AvgIpc) is 3.23. The zero-order valence-electron chi connectivity index (χ0n) is 15.1. The molecule has 0 bridgehead atoms. The quantitative estimate of drug-likeness (QED) is 0.668. The second-order valence-electron chi connectivity index (χ2n) is 6.63. The van der Waals surface area contributed by atoms with Crippen molar-refractivity contribution in [1.82, 2.24) is 29.0 Å². The Bertz CT molecular complexity index is 952. The van der Waals surface area contributed by atoms with Crippen molar-refractivity contribution < 1.29 is 0 Å². The first-order valence-electron chi connectivity index (χ1n) is 8.97. The third kappa shape index (κ3) is 3.36. The molecule has 0 aliphatic carbocycles. The predicted octanol–water partition coefficient (Wildman–Crippen LogP) is 1.16. The Morgan fingerprint density at radius 1 is 1.23 bits per heavy atom. The number of hydrogen-bond acceptors (Lipinski definition) is 7. The fraction of sp³-hybridized carbons (Fsp3) is 0.529. The van der Waals surface area contributed by atoms with Gasteiger partial charge >= 0.3 is 0 Å². The Labute approximate surface area is 155 Å². The van der Waals surface area contributed by atoms with Crippen LogP contribution in [0, 0.1) is 0 Å². The summed E-state index contributed by atoms with van der Waals surface area (Å²) in [6, 6.07) is 1.60. The summed E-state index contributed by atoms with van der Waals surface area (Å²) in [5.74, 6) is 1.08. The third-order valence-electron chi connectivity index (χ3n) is 4.72. The lowest BCUT2D eigenvalue weighted by molar-refractivity contribution is 0.241. The van der Waals surface area contributed by atoms with E-state index in [-0.39, 0.29) is 5.56 Å². The Kier molecular flexibility index (Phi) is 4.73. The Morgan fingerprint density at radius 2 is 2.04 bits per heavy atom. The summed E-state index contributed by atoms with van der Waals surface area (Å²) in [4.78, 5) is 26.6. The van der Waals surface area contributed by atoms with Crippen LogP contribution in [0.5, 0.6) is 0 Å². The zero-order valence-corrected chi connectivity index (χ0v) is 15.9. The molecule has 138 valence electrons. The molecule has 0 amide bonds. The van der Waals surface area contributed by atoms with Crippen molar-refractivity contribution >= 4 is 21.4 Å². The van der Waals surface area contributed by atoms with E-state index in [2.05, 4.69) is 36.4 Å². The van der Waals surface area contributed by atoms with Gasteiger partial charge in [-0.05, 0) is 6.42 Å². The van der Waals surface area contributed by atoms with Gasteiger partial charge in [0.15, 0.2) is 0 Å². The summed E-state index contributed by atoms with van der Waals surface area (Å²) in [6.07, 6.45) is 5.62. The van der Waals surface area contributed by atoms with E-state index >= 15 is 0 Å². The largest absolute Gasteiger partial charge is 0.344 e. The number of imidazole rings is 1. The van der Waals surface area contributed by atoms with Gasteiger partial charge in [-0.2, -0.15) is 4.52 Å². The number of piperazine rings is 1. The SMILES string of the molecule is CCCc1cc(=O)n2nc(N3CCN(Cc4nccn4C)CC3)sc2n1. The first-order valence-corrected chi connectivity index (χ1v) is 9.79. The fourth-order valence-corrected chi connectivity index (χ4v) is 4.18. The van der Waals surface area contributed by atoms with E-state index < -0.39 is 0 Å². The molecule has 0 unspecified atom stereocenters. The second-order valence-corrected chi connectivity index (χ2v) is 7.57. The molecule has 3 aromatic heterocycles. The van der Waals surface area contributed by atoms with Gasteiger partial charge in [0.2, 0.25) is 10.1 Å². The van der Waals surface area contributed by atoms with Crippen LogP contribution in [-0.4, -0.2) is 55.2 Å². The maximum Gasteiger partial charge on any atom is 0.275 e. The lowest BCUT2D eigenvalue weighted by Gasteiger charge is -2.33. The van der Waals surface area contributed by atoms with E-state index in [1.54, 1.807) is 6.07 Å². The van der Waals surface area contributed by atoms with Crippen molar-refractivity contribution in [2.45, 2.75) is 26.3 Å². The minimum absolute atomic E-state index is 0.0885. The topological polar surface area (TPSA) is 71.6 Å². The van der Waals surface area contributed by atoms with Crippen LogP contribution in [0.3, 0.4) is 0 Å². The van der Waals surface area contributed by atoms with Gasteiger partial charge in [-0.3, -0.25) is 9.69 Å². The summed E-state index contributed by atoms with van der Waals surface area (Å²) < 4.78 is 3.49. The van der Waals surface area contributed by atoms with E-state index in [0.717, 1.165) is 62.2 Å². The van der Waals surface area contributed by atoms with Crippen LogP contribution in [0.1, 0.15) is 24.9 Å². The van der Waals surface area contributed by atoms with E-state index in [1.165, 1.54) is 15.9 Å². The van der Waals surface area contributed by atoms with Crippen molar-refractivity contribution in [2.24, 2.45) is 7.05 Å². The molecule has 0 N–H and O–H groups in total. The molecule has 1 fully saturated rings. The highest BCUT2D eigenvalue weighted by atomic mass is 32.1. The van der Waals surface area contributed by atoms with Crippen LogP contribution in [0.15, 0.2) is 23.3 Å². The maximum atomic E-state index is 12.3. The van der Waals surface area contributed by atoms with Crippen molar-refractivity contribution in [3.05, 3.63) is 40.3 Å². The zero-order chi connectivity index (χ0) is 18.1. The molecule has 4 rings (SSSR count). The highest BCUT2D eigenvalue weighted by Crippen LogP contribution is 2.23. The summed E-state index contributed by atoms with van der Waals surface area (Å²) in [5, 5.41) is 5.38. The molecule has 0 saturated carbocycles. The molecule has 0 spiro atoms. The molecule has 1 aliphatic rings. The van der Waals surface area contributed by atoms with Gasteiger partial charge in [0.1, 0.15) is 5.82 Å². The predicted molar refractivity (Wildman–Crippen MR) is 102 cm³/mol. The van der Waals surface area contributed by atoms with Crippen molar-refractivity contribution in [2.75, 3.05) is 31.1 Å². The smallest absolute Gasteiger partial charge is 0.275 e. The number of aryl methyl sites for hydroxylation is 2. The van der Waals surface area contributed by atoms with Gasteiger partial charge < -0.3 is 9.47 Å². The minimum Gasteiger partial charge on any atom is -0.344 e. The lowest BCUT2D eigenvalue weighted by Crippen LogP contribution is -2.46. The van der Waals surface area contributed by atoms with Gasteiger partial charge in [-0.25, -0.2) is 9.97 Å². The summed E-state index contributed by atoms with van der Waals surface area (Å²) in [7, 11) is 2.03. The molecule has 0 aromatic carbocycles. The molecule has 0 radical (unpaired) electrons. The van der Waals surface area contributed by atoms with Gasteiger partial charge in [0.05, 0.1) is 6.54 Å². The van der Waals surface area contributed by atoms with Crippen LogP contribution in [0.25, 0.3) is 4.96 Å². The van der Waals surface area contributed by atoms with Gasteiger partial charge in [-0.15, -0.1) is 5.10 Å². The van der Waals surface area contributed by atoms with Crippen molar-refractivity contribution in [1.29, 1.82) is 0 Å². The highest BCUT2D eigenvalue weighted by molar-refractivity contribution is 7.20. The number of hydrogen-bond donors (Lipinski definition) is 0. The number of nitrogens with zero attached hydrogens (tertiary/aromatic N) is 7. The summed E-state index contributed by atoms with van der Waals surface area (Å²) in [6.45, 7) is 6.63.